The Labute approximate surface area is 227 Å². The third-order valence-electron chi connectivity index (χ3n) is 5.34. The summed E-state index contributed by atoms with van der Waals surface area (Å²) in [5.41, 5.74) is 4.83. The molecule has 6 nitrogen and oxygen atoms in total. The molecule has 1 fully saturated rings. The summed E-state index contributed by atoms with van der Waals surface area (Å²) in [7, 11) is 0. The van der Waals surface area contributed by atoms with Gasteiger partial charge in [0, 0.05) is 37.8 Å². The molecule has 31 heavy (non-hydrogen) atoms. The molecule has 1 saturated heterocycles. The molecule has 4 rings (SSSR count). The second-order valence-electron chi connectivity index (χ2n) is 7.58. The number of hydrogen-bond donors (Lipinski definition) is 1. The summed E-state index contributed by atoms with van der Waals surface area (Å²) >= 11 is 0. The Morgan fingerprint density at radius 1 is 1.29 bits per heavy atom. The summed E-state index contributed by atoms with van der Waals surface area (Å²) in [6.07, 6.45) is 5.78. The van der Waals surface area contributed by atoms with Gasteiger partial charge in [0.15, 0.2) is 0 Å². The number of nitrogens with one attached hydrogen (secondary N) is 1. The van der Waals surface area contributed by atoms with Crippen LogP contribution >= 0.6 is 0 Å². The van der Waals surface area contributed by atoms with Crippen molar-refractivity contribution in [3.05, 3.63) is 77.6 Å². The van der Waals surface area contributed by atoms with Crippen molar-refractivity contribution in [2.24, 2.45) is 5.92 Å². The fourth-order valence-corrected chi connectivity index (χ4v) is 3.57. The summed E-state index contributed by atoms with van der Waals surface area (Å²) in [6, 6.07) is 17.9. The number of hydrogen-bond acceptors (Lipinski definition) is 5. The molecule has 0 spiro atoms. The van der Waals surface area contributed by atoms with Crippen molar-refractivity contribution in [2.75, 3.05) is 32.9 Å². The average molecular weight is 447 g/mol. The fourth-order valence-electron chi connectivity index (χ4n) is 3.57. The van der Waals surface area contributed by atoms with Gasteiger partial charge in [0.2, 0.25) is 0 Å². The number of benzene rings is 2. The van der Waals surface area contributed by atoms with Crippen molar-refractivity contribution in [2.45, 2.75) is 19.8 Å². The van der Waals surface area contributed by atoms with Gasteiger partial charge in [0.1, 0.15) is 0 Å². The molecule has 0 radical (unpaired) electrons. The first-order valence-corrected chi connectivity index (χ1v) is 10.3. The van der Waals surface area contributed by atoms with E-state index in [1.807, 2.05) is 16.9 Å². The summed E-state index contributed by atoms with van der Waals surface area (Å²) in [4.78, 5) is 0. The third-order valence-corrected chi connectivity index (χ3v) is 5.34. The predicted octanol–water partition coefficient (Wildman–Crippen LogP) is 0.404. The Balaban J connectivity index is 0.00000171. The maximum atomic E-state index is 5.85. The standard InChI is InChI=1S/C24H28N3O2.K.H2O/c1-19-15-24(29-14-11-25-17-21-9-13-28-18-21)8-5-22(19)16-20-3-6-23(7-4-20)27-12-2-10-26-27;;/h2-7,10,12,15,21,25H,9,11,13-14,16-18H2,1H3;;1H2/q-1;+1;/p-1. The SMILES string of the molecule is Cc1cc(OCCNCC2CCOC2)[c-]cc1Cc1ccc(-n2cccn2)cc1.[K+].[OH-]. The molecule has 0 bridgehead atoms. The fraction of sp³-hybridized carbons (Fsp3) is 0.375. The number of rotatable bonds is 9. The summed E-state index contributed by atoms with van der Waals surface area (Å²) < 4.78 is 13.1. The quantitative estimate of drug-likeness (QED) is 0.293. The number of aryl methyl sites for hydroxylation is 1. The molecule has 7 heteroatoms. The van der Waals surface area contributed by atoms with Gasteiger partial charge in [0.05, 0.1) is 18.9 Å². The van der Waals surface area contributed by atoms with Gasteiger partial charge in [-0.2, -0.15) is 16.7 Å². The minimum Gasteiger partial charge on any atom is -0.870 e. The first kappa shape index (κ1) is 26.2. The van der Waals surface area contributed by atoms with E-state index in [1.165, 1.54) is 16.7 Å². The summed E-state index contributed by atoms with van der Waals surface area (Å²) in [6.45, 7) is 6.41. The Morgan fingerprint density at radius 2 is 2.13 bits per heavy atom. The molecule has 1 aliphatic rings. The zero-order valence-electron chi connectivity index (χ0n) is 18.4. The van der Waals surface area contributed by atoms with Crippen LogP contribution in [-0.2, 0) is 11.2 Å². The van der Waals surface area contributed by atoms with Gasteiger partial charge in [-0.3, -0.25) is 0 Å². The Hall–Kier alpha value is -1.03. The zero-order valence-corrected chi connectivity index (χ0v) is 21.5. The molecule has 1 atom stereocenters. The van der Waals surface area contributed by atoms with Crippen LogP contribution in [0.1, 0.15) is 23.1 Å². The van der Waals surface area contributed by atoms with E-state index < -0.39 is 0 Å². The first-order valence-electron chi connectivity index (χ1n) is 10.3. The molecule has 160 valence electrons. The van der Waals surface area contributed by atoms with Gasteiger partial charge in [-0.15, -0.1) is 17.7 Å². The van der Waals surface area contributed by atoms with Crippen LogP contribution in [0.2, 0.25) is 0 Å². The van der Waals surface area contributed by atoms with Crippen molar-refractivity contribution >= 4 is 0 Å². The summed E-state index contributed by atoms with van der Waals surface area (Å²) in [5, 5.41) is 7.71. The van der Waals surface area contributed by atoms with Crippen molar-refractivity contribution in [3.8, 4) is 11.4 Å². The molecule has 1 aromatic heterocycles. The Morgan fingerprint density at radius 3 is 2.81 bits per heavy atom. The summed E-state index contributed by atoms with van der Waals surface area (Å²) in [5.74, 6) is 1.46. The maximum absolute atomic E-state index is 5.85. The van der Waals surface area contributed by atoms with Gasteiger partial charge < -0.3 is 20.3 Å². The molecule has 2 N–H and O–H groups in total. The second kappa shape index (κ2) is 13.5. The molecule has 2 heterocycles. The van der Waals surface area contributed by atoms with Crippen LogP contribution in [0.3, 0.4) is 0 Å². The number of nitrogens with zero attached hydrogens (tertiary/aromatic N) is 2. The molecule has 1 unspecified atom stereocenters. The first-order chi connectivity index (χ1) is 14.3. The van der Waals surface area contributed by atoms with Gasteiger partial charge in [-0.05, 0) is 37.0 Å². The molecular formula is C24H29KN3O3-. The minimum absolute atomic E-state index is 0. The van der Waals surface area contributed by atoms with Crippen LogP contribution in [0, 0.1) is 18.9 Å². The van der Waals surface area contributed by atoms with E-state index in [9.17, 15) is 0 Å². The molecule has 1 aliphatic heterocycles. The number of aromatic nitrogens is 2. The zero-order chi connectivity index (χ0) is 19.9. The van der Waals surface area contributed by atoms with Crippen LogP contribution in [0.4, 0.5) is 0 Å². The van der Waals surface area contributed by atoms with E-state index in [1.54, 1.807) is 6.20 Å². The van der Waals surface area contributed by atoms with Crippen molar-refractivity contribution < 1.29 is 66.3 Å². The van der Waals surface area contributed by atoms with Crippen LogP contribution in [0.25, 0.3) is 5.69 Å². The van der Waals surface area contributed by atoms with Gasteiger partial charge in [0.25, 0.3) is 0 Å². The molecule has 3 aromatic rings. The molecular weight excluding hydrogens is 417 g/mol. The van der Waals surface area contributed by atoms with Crippen LogP contribution in [0.5, 0.6) is 5.75 Å². The van der Waals surface area contributed by atoms with E-state index in [0.717, 1.165) is 50.6 Å². The van der Waals surface area contributed by atoms with Crippen molar-refractivity contribution in [1.29, 1.82) is 0 Å². The number of ether oxygens (including phenoxy) is 2. The largest absolute Gasteiger partial charge is 1.00 e. The average Bonchev–Trinajstić information content (AvgIpc) is 3.44. The smallest absolute Gasteiger partial charge is 0.870 e. The van der Waals surface area contributed by atoms with Crippen LogP contribution < -0.4 is 61.4 Å². The molecule has 0 amide bonds. The molecule has 0 saturated carbocycles. The molecule has 2 aromatic carbocycles. The van der Waals surface area contributed by atoms with E-state index >= 15 is 0 Å². The monoisotopic (exact) mass is 446 g/mol. The van der Waals surface area contributed by atoms with Crippen molar-refractivity contribution in [1.82, 2.24) is 15.1 Å². The maximum Gasteiger partial charge on any atom is 1.00 e. The van der Waals surface area contributed by atoms with Crippen molar-refractivity contribution in [3.63, 3.8) is 0 Å². The van der Waals surface area contributed by atoms with Crippen LogP contribution in [0.15, 0.2) is 54.9 Å². The second-order valence-corrected chi connectivity index (χ2v) is 7.58. The van der Waals surface area contributed by atoms with Gasteiger partial charge in [-0.1, -0.05) is 24.6 Å². The normalized spacial score (nSPS) is 15.2. The van der Waals surface area contributed by atoms with Gasteiger partial charge >= 0.3 is 51.4 Å². The van der Waals surface area contributed by atoms with Gasteiger partial charge in [-0.25, -0.2) is 4.68 Å². The Bertz CT molecular complexity index is 895. The van der Waals surface area contributed by atoms with Crippen LogP contribution in [-0.4, -0.2) is 48.2 Å². The topological polar surface area (TPSA) is 78.3 Å². The third kappa shape index (κ3) is 7.80. The van der Waals surface area contributed by atoms with E-state index in [4.69, 9.17) is 9.47 Å². The Kier molecular flexibility index (Phi) is 11.4. The predicted molar refractivity (Wildman–Crippen MR) is 116 cm³/mol. The minimum atomic E-state index is 0. The van der Waals surface area contributed by atoms with E-state index in [0.29, 0.717) is 12.5 Å². The molecule has 0 aliphatic carbocycles. The van der Waals surface area contributed by atoms with E-state index in [-0.39, 0.29) is 56.9 Å². The van der Waals surface area contributed by atoms with E-state index in [2.05, 4.69) is 59.8 Å².